The normalized spacial score (nSPS) is 14.7. The molecule has 1 amide bonds. The Labute approximate surface area is 175 Å². The maximum atomic E-state index is 12.6. The molecule has 9 heteroatoms. The number of nitrogens with one attached hydrogen (secondary N) is 1. The van der Waals surface area contributed by atoms with Crippen molar-refractivity contribution in [1.82, 2.24) is 15.1 Å². The lowest BCUT2D eigenvalue weighted by Gasteiger charge is -2.23. The van der Waals surface area contributed by atoms with Crippen LogP contribution in [0.2, 0.25) is 0 Å². The molecule has 2 rings (SSSR count). The van der Waals surface area contributed by atoms with E-state index in [0.717, 1.165) is 43.6 Å². The van der Waals surface area contributed by atoms with Gasteiger partial charge in [0.05, 0.1) is 5.56 Å². The summed E-state index contributed by atoms with van der Waals surface area (Å²) in [6, 6.07) is 5.06. The molecule has 1 aromatic rings. The van der Waals surface area contributed by atoms with E-state index < -0.39 is 11.7 Å². The zero-order chi connectivity index (χ0) is 19.2. The van der Waals surface area contributed by atoms with E-state index in [1.54, 1.807) is 11.9 Å². The third-order valence-corrected chi connectivity index (χ3v) is 4.22. The van der Waals surface area contributed by atoms with Gasteiger partial charge in [-0.15, -0.1) is 24.0 Å². The van der Waals surface area contributed by atoms with Gasteiger partial charge in [0.25, 0.3) is 0 Å². The predicted octanol–water partition coefficient (Wildman–Crippen LogP) is 3.34. The molecule has 152 valence electrons. The first kappa shape index (κ1) is 23.5. The van der Waals surface area contributed by atoms with Crippen LogP contribution in [0.1, 0.15) is 30.9 Å². The highest BCUT2D eigenvalue weighted by molar-refractivity contribution is 14.0. The van der Waals surface area contributed by atoms with E-state index in [0.29, 0.717) is 19.0 Å². The van der Waals surface area contributed by atoms with Crippen molar-refractivity contribution in [3.63, 3.8) is 0 Å². The molecular weight excluding hydrogens is 472 g/mol. The van der Waals surface area contributed by atoms with Crippen molar-refractivity contribution in [3.8, 4) is 0 Å². The van der Waals surface area contributed by atoms with E-state index in [9.17, 15) is 18.0 Å². The molecule has 1 N–H and O–H groups in total. The van der Waals surface area contributed by atoms with Gasteiger partial charge in [-0.2, -0.15) is 13.2 Å². The molecule has 27 heavy (non-hydrogen) atoms. The van der Waals surface area contributed by atoms with E-state index in [4.69, 9.17) is 0 Å². The number of rotatable bonds is 5. The second-order valence-corrected chi connectivity index (χ2v) is 6.31. The van der Waals surface area contributed by atoms with Crippen LogP contribution in [0.5, 0.6) is 0 Å². The van der Waals surface area contributed by atoms with E-state index in [1.165, 1.54) is 12.1 Å². The van der Waals surface area contributed by atoms with Gasteiger partial charge in [-0.05, 0) is 37.5 Å². The summed E-state index contributed by atoms with van der Waals surface area (Å²) in [6.07, 6.45) is -2.27. The first-order chi connectivity index (χ1) is 12.3. The largest absolute Gasteiger partial charge is 0.416 e. The number of hydrogen-bond donors (Lipinski definition) is 1. The Balaban J connectivity index is 0.00000364. The lowest BCUT2D eigenvalue weighted by Crippen LogP contribution is -2.39. The van der Waals surface area contributed by atoms with Crippen molar-refractivity contribution >= 4 is 35.8 Å². The summed E-state index contributed by atoms with van der Waals surface area (Å²) in [5, 5.41) is 3.11. The molecule has 0 saturated carbocycles. The third-order valence-electron chi connectivity index (χ3n) is 4.22. The third kappa shape index (κ3) is 7.19. The van der Waals surface area contributed by atoms with Crippen LogP contribution in [0.3, 0.4) is 0 Å². The molecule has 1 aromatic carbocycles. The fourth-order valence-corrected chi connectivity index (χ4v) is 2.83. The molecule has 0 spiro atoms. The van der Waals surface area contributed by atoms with Gasteiger partial charge in [-0.25, -0.2) is 4.99 Å². The summed E-state index contributed by atoms with van der Waals surface area (Å²) in [5.74, 6) is 0.556. The minimum absolute atomic E-state index is 0. The maximum Gasteiger partial charge on any atom is 0.416 e. The fourth-order valence-electron chi connectivity index (χ4n) is 2.83. The molecule has 1 aliphatic rings. The first-order valence-corrected chi connectivity index (χ1v) is 8.74. The van der Waals surface area contributed by atoms with Gasteiger partial charge in [0.1, 0.15) is 6.54 Å². The summed E-state index contributed by atoms with van der Waals surface area (Å²) in [7, 11) is 1.79. The lowest BCUT2D eigenvalue weighted by atomic mass is 10.1. The number of halogens is 4. The minimum atomic E-state index is -4.34. The van der Waals surface area contributed by atoms with Crippen molar-refractivity contribution in [2.75, 3.05) is 33.2 Å². The zero-order valence-corrected chi connectivity index (χ0v) is 17.9. The molecule has 5 nitrogen and oxygen atoms in total. The number of aliphatic imine (C=N–C) groups is 1. The fraction of sp³-hybridized carbons (Fsp3) is 0.556. The molecule has 0 atom stereocenters. The van der Waals surface area contributed by atoms with Gasteiger partial charge in [0.15, 0.2) is 5.96 Å². The molecule has 0 aliphatic carbocycles. The van der Waals surface area contributed by atoms with Crippen LogP contribution in [-0.4, -0.2) is 54.9 Å². The van der Waals surface area contributed by atoms with Gasteiger partial charge >= 0.3 is 6.18 Å². The maximum absolute atomic E-state index is 12.6. The number of guanidine groups is 1. The molecule has 0 radical (unpaired) electrons. The van der Waals surface area contributed by atoms with Crippen LogP contribution < -0.4 is 5.32 Å². The molecule has 0 unspecified atom stereocenters. The van der Waals surface area contributed by atoms with Crippen LogP contribution in [0.15, 0.2) is 29.3 Å². The van der Waals surface area contributed by atoms with Gasteiger partial charge < -0.3 is 15.1 Å². The second-order valence-electron chi connectivity index (χ2n) is 6.31. The summed E-state index contributed by atoms with van der Waals surface area (Å²) >= 11 is 0. The molecule has 0 bridgehead atoms. The number of amides is 1. The number of alkyl halides is 3. The Kier molecular flexibility index (Phi) is 9.34. The number of hydrogen-bond acceptors (Lipinski definition) is 2. The van der Waals surface area contributed by atoms with Crippen LogP contribution in [-0.2, 0) is 17.5 Å². The van der Waals surface area contributed by atoms with E-state index in [1.807, 2.05) is 11.8 Å². The monoisotopic (exact) mass is 498 g/mol. The Bertz CT molecular complexity index is 628. The Morgan fingerprint density at radius 1 is 1.22 bits per heavy atom. The van der Waals surface area contributed by atoms with Crippen LogP contribution in [0.4, 0.5) is 13.2 Å². The zero-order valence-electron chi connectivity index (χ0n) is 15.6. The SMILES string of the molecule is CCNC(=NCC(=O)N1CCCC1)N(C)Cc1ccc(C(F)(F)F)cc1.I. The van der Waals surface area contributed by atoms with Gasteiger partial charge in [-0.1, -0.05) is 12.1 Å². The van der Waals surface area contributed by atoms with Gasteiger partial charge in [-0.3, -0.25) is 4.79 Å². The van der Waals surface area contributed by atoms with Crippen molar-refractivity contribution < 1.29 is 18.0 Å². The quantitative estimate of drug-likeness (QED) is 0.385. The van der Waals surface area contributed by atoms with E-state index in [-0.39, 0.29) is 36.4 Å². The van der Waals surface area contributed by atoms with Gasteiger partial charge in [0, 0.05) is 33.2 Å². The second kappa shape index (κ2) is 10.7. The Hall–Kier alpha value is -1.52. The standard InChI is InChI=1S/C18H25F3N4O.HI/c1-3-22-17(23-12-16(26)25-10-4-5-11-25)24(2)13-14-6-8-15(9-7-14)18(19,20)21;/h6-9H,3-5,10-13H2,1-2H3,(H,22,23);1H. The highest BCUT2D eigenvalue weighted by Gasteiger charge is 2.30. The molecule has 1 saturated heterocycles. The number of carbonyl (C=O) groups is 1. The number of carbonyl (C=O) groups excluding carboxylic acids is 1. The summed E-state index contributed by atoms with van der Waals surface area (Å²) < 4.78 is 37.9. The average Bonchev–Trinajstić information content (AvgIpc) is 3.12. The van der Waals surface area contributed by atoms with Crippen molar-refractivity contribution in [3.05, 3.63) is 35.4 Å². The smallest absolute Gasteiger partial charge is 0.357 e. The van der Waals surface area contributed by atoms with Crippen molar-refractivity contribution in [2.45, 2.75) is 32.5 Å². The van der Waals surface area contributed by atoms with Crippen LogP contribution in [0.25, 0.3) is 0 Å². The van der Waals surface area contributed by atoms with Crippen LogP contribution in [0, 0.1) is 0 Å². The first-order valence-electron chi connectivity index (χ1n) is 8.74. The van der Waals surface area contributed by atoms with Crippen molar-refractivity contribution in [2.24, 2.45) is 4.99 Å². The molecule has 1 fully saturated rings. The highest BCUT2D eigenvalue weighted by atomic mass is 127. The molecular formula is C18H26F3IN4O. The van der Waals surface area contributed by atoms with E-state index in [2.05, 4.69) is 10.3 Å². The topological polar surface area (TPSA) is 47.9 Å². The number of nitrogens with zero attached hydrogens (tertiary/aromatic N) is 3. The minimum Gasteiger partial charge on any atom is -0.357 e. The average molecular weight is 498 g/mol. The van der Waals surface area contributed by atoms with E-state index >= 15 is 0 Å². The lowest BCUT2D eigenvalue weighted by molar-refractivity contribution is -0.137. The molecule has 1 aliphatic heterocycles. The summed E-state index contributed by atoms with van der Waals surface area (Å²) in [6.45, 7) is 4.58. The Morgan fingerprint density at radius 2 is 1.81 bits per heavy atom. The molecule has 0 aromatic heterocycles. The van der Waals surface area contributed by atoms with Crippen molar-refractivity contribution in [1.29, 1.82) is 0 Å². The molecule has 1 heterocycles. The number of likely N-dealkylation sites (tertiary alicyclic amines) is 1. The Morgan fingerprint density at radius 3 is 2.33 bits per heavy atom. The summed E-state index contributed by atoms with van der Waals surface area (Å²) in [4.78, 5) is 20.1. The number of benzene rings is 1. The summed E-state index contributed by atoms with van der Waals surface area (Å²) in [5.41, 5.74) is 0.0673. The van der Waals surface area contributed by atoms with Crippen LogP contribution >= 0.6 is 24.0 Å². The van der Waals surface area contributed by atoms with Gasteiger partial charge in [0.2, 0.25) is 5.91 Å². The predicted molar refractivity (Wildman–Crippen MR) is 110 cm³/mol. The highest BCUT2D eigenvalue weighted by Crippen LogP contribution is 2.29.